The third kappa shape index (κ3) is 4.53. The van der Waals surface area contributed by atoms with E-state index in [1.165, 1.54) is 0 Å². The van der Waals surface area contributed by atoms with Crippen LogP contribution in [0.15, 0.2) is 78.9 Å². The molecule has 0 unspecified atom stereocenters. The van der Waals surface area contributed by atoms with E-state index in [-0.39, 0.29) is 25.1 Å². The molecule has 0 atom stereocenters. The fourth-order valence-electron chi connectivity index (χ4n) is 4.19. The number of para-hydroxylation sites is 2. The van der Waals surface area contributed by atoms with E-state index in [2.05, 4.69) is 0 Å². The highest BCUT2D eigenvalue weighted by atomic mass is 16.5. The maximum absolute atomic E-state index is 12.8. The molecule has 1 heterocycles. The van der Waals surface area contributed by atoms with Crippen LogP contribution in [0.25, 0.3) is 16.6 Å². The van der Waals surface area contributed by atoms with Crippen molar-refractivity contribution in [2.45, 2.75) is 20.8 Å². The normalized spacial score (nSPS) is 10.8. The van der Waals surface area contributed by atoms with Crippen molar-refractivity contribution < 1.29 is 19.1 Å². The lowest BCUT2D eigenvalue weighted by Crippen LogP contribution is -2.34. The summed E-state index contributed by atoms with van der Waals surface area (Å²) < 4.78 is 13.3. The lowest BCUT2D eigenvalue weighted by Gasteiger charge is -2.21. The highest BCUT2D eigenvalue weighted by molar-refractivity contribution is 6.07. The minimum atomic E-state index is -0.380. The lowest BCUT2D eigenvalue weighted by atomic mass is 10.1. The number of amides is 1. The summed E-state index contributed by atoms with van der Waals surface area (Å²) in [6.45, 7) is 6.34. The number of carbonyl (C=O) groups excluding carboxylic acids is 2. The second kappa shape index (κ2) is 10.3. The van der Waals surface area contributed by atoms with Gasteiger partial charge in [-0.15, -0.1) is 0 Å². The van der Waals surface area contributed by atoms with Crippen LogP contribution in [0.2, 0.25) is 0 Å². The maximum atomic E-state index is 12.8. The van der Waals surface area contributed by atoms with Crippen molar-refractivity contribution in [1.82, 2.24) is 4.57 Å². The Morgan fingerprint density at radius 1 is 0.912 bits per heavy atom. The molecule has 0 saturated carbocycles. The highest BCUT2D eigenvalue weighted by Crippen LogP contribution is 2.32. The Morgan fingerprint density at radius 3 is 2.24 bits per heavy atom. The van der Waals surface area contributed by atoms with Gasteiger partial charge < -0.3 is 18.9 Å². The van der Waals surface area contributed by atoms with Crippen LogP contribution in [0, 0.1) is 6.92 Å². The minimum Gasteiger partial charge on any atom is -0.484 e. The Balaban J connectivity index is 1.67. The number of hydrogen-bond acceptors (Lipinski definition) is 4. The van der Waals surface area contributed by atoms with Crippen molar-refractivity contribution in [2.75, 3.05) is 24.7 Å². The number of nitrogens with zero attached hydrogens (tertiary/aromatic N) is 2. The van der Waals surface area contributed by atoms with E-state index >= 15 is 0 Å². The molecule has 0 spiro atoms. The zero-order chi connectivity index (χ0) is 24.1. The molecular formula is C28H28N2O4. The van der Waals surface area contributed by atoms with Gasteiger partial charge in [0.2, 0.25) is 0 Å². The number of hydrogen-bond donors (Lipinski definition) is 0. The quantitative estimate of drug-likeness (QED) is 0.326. The first-order valence-corrected chi connectivity index (χ1v) is 11.4. The van der Waals surface area contributed by atoms with E-state index < -0.39 is 0 Å². The third-order valence-corrected chi connectivity index (χ3v) is 5.72. The standard InChI is InChI=1S/C28H28N2O4/c1-4-29(21-12-8-6-9-13-21)26(31)19-34-23-16-17-25-24(18-23)27(28(32)33-5-2)20(3)30(25)22-14-10-7-11-15-22/h6-18H,4-5,19H2,1-3H3. The van der Waals surface area contributed by atoms with Crippen molar-refractivity contribution in [3.63, 3.8) is 0 Å². The van der Waals surface area contributed by atoms with Gasteiger partial charge in [0.05, 0.1) is 17.7 Å². The summed E-state index contributed by atoms with van der Waals surface area (Å²) in [7, 11) is 0. The number of aromatic nitrogens is 1. The van der Waals surface area contributed by atoms with Crippen molar-refractivity contribution >= 4 is 28.5 Å². The van der Waals surface area contributed by atoms with E-state index in [4.69, 9.17) is 9.47 Å². The molecule has 0 saturated heterocycles. The molecule has 3 aromatic carbocycles. The van der Waals surface area contributed by atoms with Gasteiger partial charge in [-0.05, 0) is 63.2 Å². The van der Waals surface area contributed by atoms with Gasteiger partial charge in [0.15, 0.2) is 6.61 Å². The number of likely N-dealkylation sites (N-methyl/N-ethyl adjacent to an activating group) is 1. The summed E-state index contributed by atoms with van der Waals surface area (Å²) in [6, 6.07) is 24.9. The molecule has 4 aromatic rings. The van der Waals surface area contributed by atoms with Crippen LogP contribution in [0.5, 0.6) is 5.75 Å². The van der Waals surface area contributed by atoms with E-state index in [9.17, 15) is 9.59 Å². The van der Waals surface area contributed by atoms with Gasteiger partial charge in [-0.25, -0.2) is 4.79 Å². The minimum absolute atomic E-state index is 0.110. The zero-order valence-electron chi connectivity index (χ0n) is 19.7. The summed E-state index contributed by atoms with van der Waals surface area (Å²) in [4.78, 5) is 27.4. The molecule has 0 bridgehead atoms. The van der Waals surface area contributed by atoms with Crippen LogP contribution < -0.4 is 9.64 Å². The average Bonchev–Trinajstić information content (AvgIpc) is 3.15. The Hall–Kier alpha value is -4.06. The smallest absolute Gasteiger partial charge is 0.340 e. The molecule has 0 radical (unpaired) electrons. The molecule has 34 heavy (non-hydrogen) atoms. The second-order valence-corrected chi connectivity index (χ2v) is 7.79. The molecule has 6 nitrogen and oxygen atoms in total. The predicted molar refractivity (Wildman–Crippen MR) is 134 cm³/mol. The SMILES string of the molecule is CCOC(=O)c1c(C)n(-c2ccccc2)c2ccc(OCC(=O)N(CC)c3ccccc3)cc12. The Labute approximate surface area is 199 Å². The van der Waals surface area contributed by atoms with Crippen LogP contribution in [-0.2, 0) is 9.53 Å². The summed E-state index contributed by atoms with van der Waals surface area (Å²) >= 11 is 0. The summed E-state index contributed by atoms with van der Waals surface area (Å²) in [5, 5.41) is 0.722. The molecule has 174 valence electrons. The third-order valence-electron chi connectivity index (χ3n) is 5.72. The molecule has 1 amide bonds. The fourth-order valence-corrected chi connectivity index (χ4v) is 4.19. The Kier molecular flexibility index (Phi) is 6.97. The van der Waals surface area contributed by atoms with E-state index in [0.29, 0.717) is 17.9 Å². The maximum Gasteiger partial charge on any atom is 0.340 e. The largest absolute Gasteiger partial charge is 0.484 e. The number of benzene rings is 3. The highest BCUT2D eigenvalue weighted by Gasteiger charge is 2.23. The van der Waals surface area contributed by atoms with Crippen molar-refractivity contribution in [1.29, 1.82) is 0 Å². The number of ether oxygens (including phenoxy) is 2. The summed E-state index contributed by atoms with van der Waals surface area (Å²) in [5.74, 6) is -0.00711. The number of carbonyl (C=O) groups is 2. The first kappa shape index (κ1) is 23.1. The van der Waals surface area contributed by atoms with Gasteiger partial charge >= 0.3 is 5.97 Å². The molecule has 0 N–H and O–H groups in total. The monoisotopic (exact) mass is 456 g/mol. The number of esters is 1. The molecule has 0 aliphatic heterocycles. The molecule has 0 aliphatic carbocycles. The van der Waals surface area contributed by atoms with Gasteiger partial charge in [-0.1, -0.05) is 36.4 Å². The zero-order valence-corrected chi connectivity index (χ0v) is 19.7. The Bertz CT molecular complexity index is 1300. The molecule has 1 aromatic heterocycles. The van der Waals surface area contributed by atoms with Gasteiger partial charge in [-0.3, -0.25) is 4.79 Å². The van der Waals surface area contributed by atoms with Crippen LogP contribution in [0.3, 0.4) is 0 Å². The van der Waals surface area contributed by atoms with Gasteiger partial charge in [0, 0.05) is 29.0 Å². The topological polar surface area (TPSA) is 60.8 Å². The molecular weight excluding hydrogens is 428 g/mol. The van der Waals surface area contributed by atoms with Gasteiger partial charge in [0.1, 0.15) is 5.75 Å². The first-order valence-electron chi connectivity index (χ1n) is 11.4. The molecule has 0 aliphatic rings. The average molecular weight is 457 g/mol. The van der Waals surface area contributed by atoms with Crippen LogP contribution in [0.1, 0.15) is 29.9 Å². The van der Waals surface area contributed by atoms with Crippen molar-refractivity contribution in [3.8, 4) is 11.4 Å². The Morgan fingerprint density at radius 2 is 1.59 bits per heavy atom. The van der Waals surface area contributed by atoms with Crippen LogP contribution in [0.4, 0.5) is 5.69 Å². The fraction of sp³-hybridized carbons (Fsp3) is 0.214. The van der Waals surface area contributed by atoms with Crippen LogP contribution >= 0.6 is 0 Å². The summed E-state index contributed by atoms with van der Waals surface area (Å²) in [6.07, 6.45) is 0. The van der Waals surface area contributed by atoms with E-state index in [1.807, 2.05) is 91.2 Å². The molecule has 0 fully saturated rings. The van der Waals surface area contributed by atoms with Gasteiger partial charge in [-0.2, -0.15) is 0 Å². The number of fused-ring (bicyclic) bond motifs is 1. The lowest BCUT2D eigenvalue weighted by molar-refractivity contribution is -0.120. The van der Waals surface area contributed by atoms with Crippen molar-refractivity contribution in [2.24, 2.45) is 0 Å². The van der Waals surface area contributed by atoms with Crippen LogP contribution in [-0.4, -0.2) is 36.2 Å². The van der Waals surface area contributed by atoms with E-state index in [0.717, 1.165) is 28.0 Å². The van der Waals surface area contributed by atoms with Crippen molar-refractivity contribution in [3.05, 3.63) is 90.1 Å². The first-order chi connectivity index (χ1) is 16.5. The molecule has 4 rings (SSSR count). The number of rotatable bonds is 8. The number of anilines is 1. The second-order valence-electron chi connectivity index (χ2n) is 7.79. The summed E-state index contributed by atoms with van der Waals surface area (Å²) in [5.41, 5.74) is 3.93. The molecule has 6 heteroatoms. The van der Waals surface area contributed by atoms with E-state index in [1.54, 1.807) is 17.9 Å². The van der Waals surface area contributed by atoms with Gasteiger partial charge in [0.25, 0.3) is 5.91 Å². The predicted octanol–water partition coefficient (Wildman–Crippen LogP) is 5.55.